The Labute approximate surface area is 123 Å². The Morgan fingerprint density at radius 3 is 2.14 bits per heavy atom. The zero-order valence-corrected chi connectivity index (χ0v) is 11.7. The summed E-state index contributed by atoms with van der Waals surface area (Å²) >= 11 is 0. The molecule has 2 aromatic carbocycles. The van der Waals surface area contributed by atoms with Crippen LogP contribution in [0.2, 0.25) is 0 Å². The first-order valence-corrected chi connectivity index (χ1v) is 6.74. The van der Waals surface area contributed by atoms with E-state index in [1.807, 2.05) is 55.5 Å². The lowest BCUT2D eigenvalue weighted by Gasteiger charge is -2.06. The molecule has 3 heteroatoms. The lowest BCUT2D eigenvalue weighted by molar-refractivity contribution is 0.103. The normalized spacial score (nSPS) is 10.3. The van der Waals surface area contributed by atoms with Crippen molar-refractivity contribution in [2.24, 2.45) is 0 Å². The topological polar surface area (TPSA) is 42.9 Å². The van der Waals surface area contributed by atoms with Gasteiger partial charge in [-0.3, -0.25) is 9.78 Å². The minimum absolute atomic E-state index is 0.106. The molecule has 0 saturated carbocycles. The minimum Gasteiger partial charge on any atom is -0.287 e. The third-order valence-corrected chi connectivity index (χ3v) is 3.26. The van der Waals surface area contributed by atoms with Gasteiger partial charge in [0.05, 0.1) is 17.6 Å². The molecule has 0 atom stereocenters. The van der Waals surface area contributed by atoms with Crippen molar-refractivity contribution in [3.63, 3.8) is 0 Å². The van der Waals surface area contributed by atoms with Crippen LogP contribution in [0.5, 0.6) is 0 Å². The van der Waals surface area contributed by atoms with Crippen molar-refractivity contribution in [1.82, 2.24) is 9.97 Å². The van der Waals surface area contributed by atoms with E-state index in [0.29, 0.717) is 11.3 Å². The third kappa shape index (κ3) is 2.72. The van der Waals surface area contributed by atoms with Gasteiger partial charge in [0.15, 0.2) is 0 Å². The number of aromatic nitrogens is 2. The van der Waals surface area contributed by atoms with E-state index in [1.54, 1.807) is 18.3 Å². The SMILES string of the molecule is Cc1nc(C(=O)c2ccccc2)cnc1-c1ccccc1. The predicted octanol–water partition coefficient (Wildman–Crippen LogP) is 3.68. The maximum absolute atomic E-state index is 12.3. The van der Waals surface area contributed by atoms with Crippen molar-refractivity contribution in [3.8, 4) is 11.3 Å². The second-order valence-corrected chi connectivity index (χ2v) is 4.75. The number of hydrogen-bond acceptors (Lipinski definition) is 3. The van der Waals surface area contributed by atoms with E-state index >= 15 is 0 Å². The first-order valence-electron chi connectivity index (χ1n) is 6.74. The Kier molecular flexibility index (Phi) is 3.56. The van der Waals surface area contributed by atoms with Gasteiger partial charge in [-0.15, -0.1) is 0 Å². The Bertz CT molecular complexity index is 768. The summed E-state index contributed by atoms with van der Waals surface area (Å²) in [6, 6.07) is 19.0. The first-order chi connectivity index (χ1) is 10.3. The van der Waals surface area contributed by atoms with Crippen LogP contribution in [0, 0.1) is 6.92 Å². The zero-order chi connectivity index (χ0) is 14.7. The van der Waals surface area contributed by atoms with Crippen LogP contribution in [0.1, 0.15) is 21.7 Å². The summed E-state index contributed by atoms with van der Waals surface area (Å²) in [4.78, 5) is 21.2. The molecule has 3 aromatic rings. The van der Waals surface area contributed by atoms with Gasteiger partial charge in [0.1, 0.15) is 5.69 Å². The van der Waals surface area contributed by atoms with E-state index in [2.05, 4.69) is 9.97 Å². The molecule has 102 valence electrons. The van der Waals surface area contributed by atoms with Crippen molar-refractivity contribution < 1.29 is 4.79 Å². The van der Waals surface area contributed by atoms with E-state index < -0.39 is 0 Å². The molecule has 21 heavy (non-hydrogen) atoms. The van der Waals surface area contributed by atoms with Gasteiger partial charge >= 0.3 is 0 Å². The van der Waals surface area contributed by atoms with Gasteiger partial charge < -0.3 is 0 Å². The fraction of sp³-hybridized carbons (Fsp3) is 0.0556. The van der Waals surface area contributed by atoms with Gasteiger partial charge in [0.25, 0.3) is 0 Å². The Hall–Kier alpha value is -2.81. The van der Waals surface area contributed by atoms with Crippen molar-refractivity contribution in [3.05, 3.63) is 83.8 Å². The molecule has 0 bridgehead atoms. The highest BCUT2D eigenvalue weighted by molar-refractivity contribution is 6.07. The molecule has 0 aliphatic carbocycles. The van der Waals surface area contributed by atoms with E-state index in [4.69, 9.17) is 0 Å². The van der Waals surface area contributed by atoms with Crippen LogP contribution >= 0.6 is 0 Å². The van der Waals surface area contributed by atoms with Crippen LogP contribution in [0.25, 0.3) is 11.3 Å². The number of benzene rings is 2. The summed E-state index contributed by atoms with van der Waals surface area (Å²) in [5, 5.41) is 0. The molecule has 0 unspecified atom stereocenters. The zero-order valence-electron chi connectivity index (χ0n) is 11.7. The molecule has 0 radical (unpaired) electrons. The van der Waals surface area contributed by atoms with Crippen LogP contribution in [-0.4, -0.2) is 15.8 Å². The van der Waals surface area contributed by atoms with Crippen LogP contribution in [0.4, 0.5) is 0 Å². The second kappa shape index (κ2) is 5.67. The highest BCUT2D eigenvalue weighted by Gasteiger charge is 2.13. The molecule has 0 fully saturated rings. The summed E-state index contributed by atoms with van der Waals surface area (Å²) in [7, 11) is 0. The summed E-state index contributed by atoms with van der Waals surface area (Å²) in [5.74, 6) is -0.106. The molecule has 0 N–H and O–H groups in total. The molecule has 1 aromatic heterocycles. The van der Waals surface area contributed by atoms with Crippen LogP contribution in [-0.2, 0) is 0 Å². The quantitative estimate of drug-likeness (QED) is 0.684. The number of aryl methyl sites for hydroxylation is 1. The van der Waals surface area contributed by atoms with E-state index in [1.165, 1.54) is 0 Å². The fourth-order valence-corrected chi connectivity index (χ4v) is 2.21. The Balaban J connectivity index is 1.97. The maximum Gasteiger partial charge on any atom is 0.212 e. The highest BCUT2D eigenvalue weighted by atomic mass is 16.1. The van der Waals surface area contributed by atoms with Crippen molar-refractivity contribution in [1.29, 1.82) is 0 Å². The fourth-order valence-electron chi connectivity index (χ4n) is 2.21. The smallest absolute Gasteiger partial charge is 0.212 e. The Morgan fingerprint density at radius 1 is 0.905 bits per heavy atom. The second-order valence-electron chi connectivity index (χ2n) is 4.75. The van der Waals surface area contributed by atoms with Gasteiger partial charge in [-0.2, -0.15) is 0 Å². The van der Waals surface area contributed by atoms with Gasteiger partial charge in [-0.05, 0) is 6.92 Å². The highest BCUT2D eigenvalue weighted by Crippen LogP contribution is 2.19. The van der Waals surface area contributed by atoms with Gasteiger partial charge in [-0.25, -0.2) is 4.98 Å². The first kappa shape index (κ1) is 13.2. The summed E-state index contributed by atoms with van der Waals surface area (Å²) < 4.78 is 0. The molecule has 0 aliphatic rings. The van der Waals surface area contributed by atoms with Gasteiger partial charge in [0, 0.05) is 11.1 Å². The molecule has 3 nitrogen and oxygen atoms in total. The molecule has 0 aliphatic heterocycles. The lowest BCUT2D eigenvalue weighted by Crippen LogP contribution is -2.07. The van der Waals surface area contributed by atoms with Crippen molar-refractivity contribution in [2.45, 2.75) is 6.92 Å². The van der Waals surface area contributed by atoms with E-state index in [9.17, 15) is 4.79 Å². The minimum atomic E-state index is -0.106. The van der Waals surface area contributed by atoms with Gasteiger partial charge in [-0.1, -0.05) is 60.7 Å². The number of carbonyl (C=O) groups is 1. The third-order valence-electron chi connectivity index (χ3n) is 3.26. The number of ketones is 1. The average molecular weight is 274 g/mol. The molecule has 0 amide bonds. The molecular weight excluding hydrogens is 260 g/mol. The van der Waals surface area contributed by atoms with Crippen LogP contribution < -0.4 is 0 Å². The van der Waals surface area contributed by atoms with E-state index in [0.717, 1.165) is 17.0 Å². The predicted molar refractivity (Wildman–Crippen MR) is 82.1 cm³/mol. The lowest BCUT2D eigenvalue weighted by atomic mass is 10.1. The molecular formula is C18H14N2O. The molecule has 0 saturated heterocycles. The largest absolute Gasteiger partial charge is 0.287 e. The summed E-state index contributed by atoms with van der Waals surface area (Å²) in [6.45, 7) is 1.87. The van der Waals surface area contributed by atoms with Crippen molar-refractivity contribution in [2.75, 3.05) is 0 Å². The van der Waals surface area contributed by atoms with Crippen LogP contribution in [0.15, 0.2) is 66.9 Å². The summed E-state index contributed by atoms with van der Waals surface area (Å²) in [5.41, 5.74) is 3.56. The molecule has 0 spiro atoms. The summed E-state index contributed by atoms with van der Waals surface area (Å²) in [6.07, 6.45) is 1.55. The van der Waals surface area contributed by atoms with Crippen LogP contribution in [0.3, 0.4) is 0 Å². The number of hydrogen-bond donors (Lipinski definition) is 0. The van der Waals surface area contributed by atoms with Crippen molar-refractivity contribution >= 4 is 5.78 Å². The maximum atomic E-state index is 12.3. The number of rotatable bonds is 3. The van der Waals surface area contributed by atoms with Gasteiger partial charge in [0.2, 0.25) is 5.78 Å². The standard InChI is InChI=1S/C18H14N2O/c1-13-17(14-8-4-2-5-9-14)19-12-16(20-13)18(21)15-10-6-3-7-11-15/h2-12H,1H3. The number of carbonyl (C=O) groups excluding carboxylic acids is 1. The number of nitrogens with zero attached hydrogens (tertiary/aromatic N) is 2. The molecule has 3 rings (SSSR count). The monoisotopic (exact) mass is 274 g/mol. The van der Waals surface area contributed by atoms with E-state index in [-0.39, 0.29) is 5.78 Å². The molecule has 1 heterocycles. The Morgan fingerprint density at radius 2 is 1.52 bits per heavy atom. The average Bonchev–Trinajstić information content (AvgIpc) is 2.55.